The lowest BCUT2D eigenvalue weighted by molar-refractivity contribution is 0.609. The van der Waals surface area contributed by atoms with E-state index in [4.69, 9.17) is 0 Å². The molecule has 0 N–H and O–H groups in total. The number of hydrogen-bond donors (Lipinski definition) is 0. The largest absolute Gasteiger partial charge is 0.272 e. The summed E-state index contributed by atoms with van der Waals surface area (Å²) in [6.07, 6.45) is 1.77. The van der Waals surface area contributed by atoms with Crippen LogP contribution in [-0.2, 0) is 6.54 Å². The number of halogens is 1. The molecule has 80 valence electrons. The van der Waals surface area contributed by atoms with Crippen molar-refractivity contribution in [3.63, 3.8) is 0 Å². The minimum atomic E-state index is -0.123. The Kier molecular flexibility index (Phi) is 2.47. The minimum Gasteiger partial charge on any atom is -0.272 e. The van der Waals surface area contributed by atoms with Gasteiger partial charge in [-0.15, -0.1) is 0 Å². The molecule has 0 amide bonds. The second-order valence-corrected chi connectivity index (χ2v) is 4.04. The van der Waals surface area contributed by atoms with Gasteiger partial charge in [0.1, 0.15) is 5.82 Å². The summed E-state index contributed by atoms with van der Waals surface area (Å²) in [5.41, 5.74) is 1.50. The van der Waals surface area contributed by atoms with Gasteiger partial charge in [0.25, 0.3) is 0 Å². The zero-order chi connectivity index (χ0) is 11.0. The van der Waals surface area contributed by atoms with Crippen molar-refractivity contribution >= 4 is 10.9 Å². The number of aryl methyl sites for hydroxylation is 1. The molecule has 2 nitrogen and oxygen atoms in total. The minimum absolute atomic E-state index is 0.123. The Balaban J connectivity index is 2.67. The zero-order valence-corrected chi connectivity index (χ0v) is 9.29. The number of hydrogen-bond acceptors (Lipinski definition) is 1. The van der Waals surface area contributed by atoms with Crippen LogP contribution in [0.15, 0.2) is 18.3 Å². The van der Waals surface area contributed by atoms with E-state index >= 15 is 0 Å². The molecule has 1 aromatic heterocycles. The molecular formula is C12H15FN2. The fraction of sp³-hybridized carbons (Fsp3) is 0.417. The Morgan fingerprint density at radius 1 is 1.40 bits per heavy atom. The molecule has 15 heavy (non-hydrogen) atoms. The normalized spacial score (nSPS) is 11.5. The van der Waals surface area contributed by atoms with Crippen LogP contribution in [0.4, 0.5) is 4.39 Å². The molecule has 0 unspecified atom stereocenters. The van der Waals surface area contributed by atoms with Gasteiger partial charge in [-0.05, 0) is 24.5 Å². The van der Waals surface area contributed by atoms with Gasteiger partial charge in [-0.25, -0.2) is 4.39 Å². The molecule has 0 saturated heterocycles. The van der Waals surface area contributed by atoms with Crippen LogP contribution in [0, 0.1) is 5.82 Å². The summed E-state index contributed by atoms with van der Waals surface area (Å²) in [4.78, 5) is 0. The highest BCUT2D eigenvalue weighted by Gasteiger charge is 2.12. The van der Waals surface area contributed by atoms with Gasteiger partial charge >= 0.3 is 0 Å². The van der Waals surface area contributed by atoms with E-state index in [1.165, 1.54) is 0 Å². The summed E-state index contributed by atoms with van der Waals surface area (Å²) in [5.74, 6) is 0.0848. The molecule has 1 heterocycles. The van der Waals surface area contributed by atoms with E-state index in [2.05, 4.69) is 5.10 Å². The van der Waals surface area contributed by atoms with Gasteiger partial charge in [-0.2, -0.15) is 5.10 Å². The van der Waals surface area contributed by atoms with Crippen LogP contribution in [0.5, 0.6) is 0 Å². The Hall–Kier alpha value is -1.38. The van der Waals surface area contributed by atoms with E-state index in [0.29, 0.717) is 5.39 Å². The maximum absolute atomic E-state index is 14.0. The summed E-state index contributed by atoms with van der Waals surface area (Å²) in [5, 5.41) is 4.90. The van der Waals surface area contributed by atoms with E-state index in [1.807, 2.05) is 32.9 Å². The lowest BCUT2D eigenvalue weighted by Gasteiger charge is -2.06. The second-order valence-electron chi connectivity index (χ2n) is 4.04. The first kappa shape index (κ1) is 10.1. The van der Waals surface area contributed by atoms with E-state index in [-0.39, 0.29) is 11.7 Å². The molecule has 1 aromatic carbocycles. The smallest absolute Gasteiger partial charge is 0.137 e. The van der Waals surface area contributed by atoms with Crippen LogP contribution < -0.4 is 0 Å². The monoisotopic (exact) mass is 206 g/mol. The fourth-order valence-electron chi connectivity index (χ4n) is 1.73. The number of aromatic nitrogens is 2. The Bertz CT molecular complexity index is 486. The first-order chi connectivity index (χ1) is 7.13. The summed E-state index contributed by atoms with van der Waals surface area (Å²) in [7, 11) is 0. The number of rotatable bonds is 2. The summed E-state index contributed by atoms with van der Waals surface area (Å²) >= 11 is 0. The molecule has 0 spiro atoms. The third kappa shape index (κ3) is 1.62. The quantitative estimate of drug-likeness (QED) is 0.737. The molecule has 0 aliphatic heterocycles. The maximum Gasteiger partial charge on any atom is 0.137 e. The van der Waals surface area contributed by atoms with Gasteiger partial charge in [-0.1, -0.05) is 19.9 Å². The molecular weight excluding hydrogens is 191 g/mol. The lowest BCUT2D eigenvalue weighted by atomic mass is 10.0. The second kappa shape index (κ2) is 3.65. The van der Waals surface area contributed by atoms with Gasteiger partial charge < -0.3 is 0 Å². The van der Waals surface area contributed by atoms with Gasteiger partial charge in [0.15, 0.2) is 0 Å². The molecule has 0 radical (unpaired) electrons. The van der Waals surface area contributed by atoms with E-state index < -0.39 is 0 Å². The molecule has 0 bridgehead atoms. The molecule has 0 atom stereocenters. The topological polar surface area (TPSA) is 17.8 Å². The molecule has 2 aromatic rings. The van der Waals surface area contributed by atoms with Crippen LogP contribution in [0.3, 0.4) is 0 Å². The van der Waals surface area contributed by atoms with Crippen molar-refractivity contribution in [1.82, 2.24) is 9.78 Å². The first-order valence-corrected chi connectivity index (χ1v) is 5.29. The highest BCUT2D eigenvalue weighted by molar-refractivity contribution is 5.79. The van der Waals surface area contributed by atoms with Crippen molar-refractivity contribution in [2.24, 2.45) is 0 Å². The zero-order valence-electron chi connectivity index (χ0n) is 9.29. The third-order valence-corrected chi connectivity index (χ3v) is 2.65. The van der Waals surface area contributed by atoms with Crippen LogP contribution >= 0.6 is 0 Å². The molecule has 2 rings (SSSR count). The summed E-state index contributed by atoms with van der Waals surface area (Å²) in [6.45, 7) is 6.75. The molecule has 0 fully saturated rings. The maximum atomic E-state index is 14.0. The Morgan fingerprint density at radius 3 is 2.73 bits per heavy atom. The van der Waals surface area contributed by atoms with Crippen molar-refractivity contribution in [3.05, 3.63) is 29.7 Å². The van der Waals surface area contributed by atoms with Crippen molar-refractivity contribution in [2.75, 3.05) is 0 Å². The molecule has 0 saturated carbocycles. The number of nitrogens with zero attached hydrogens (tertiary/aromatic N) is 2. The van der Waals surface area contributed by atoms with Crippen molar-refractivity contribution in [2.45, 2.75) is 33.2 Å². The SMILES string of the molecule is CCn1cc2c(F)c(C(C)C)ccc2n1. The van der Waals surface area contributed by atoms with Gasteiger partial charge in [0, 0.05) is 12.7 Å². The van der Waals surface area contributed by atoms with Crippen LogP contribution in [0.2, 0.25) is 0 Å². The highest BCUT2D eigenvalue weighted by Crippen LogP contribution is 2.25. The highest BCUT2D eigenvalue weighted by atomic mass is 19.1. The Labute approximate surface area is 88.7 Å². The van der Waals surface area contributed by atoms with E-state index in [9.17, 15) is 4.39 Å². The standard InChI is InChI=1S/C12H15FN2/c1-4-15-7-10-11(14-15)6-5-9(8(2)3)12(10)13/h5-8H,4H2,1-3H3. The van der Waals surface area contributed by atoms with Crippen LogP contribution in [-0.4, -0.2) is 9.78 Å². The van der Waals surface area contributed by atoms with E-state index in [1.54, 1.807) is 10.9 Å². The molecule has 3 heteroatoms. The van der Waals surface area contributed by atoms with Crippen molar-refractivity contribution in [3.8, 4) is 0 Å². The summed E-state index contributed by atoms with van der Waals surface area (Å²) < 4.78 is 15.8. The first-order valence-electron chi connectivity index (χ1n) is 5.29. The third-order valence-electron chi connectivity index (χ3n) is 2.65. The molecule has 0 aliphatic rings. The predicted octanol–water partition coefficient (Wildman–Crippen LogP) is 3.32. The van der Waals surface area contributed by atoms with Crippen molar-refractivity contribution < 1.29 is 4.39 Å². The van der Waals surface area contributed by atoms with Crippen molar-refractivity contribution in [1.29, 1.82) is 0 Å². The number of fused-ring (bicyclic) bond motifs is 1. The average Bonchev–Trinajstić information content (AvgIpc) is 2.61. The number of benzene rings is 1. The van der Waals surface area contributed by atoms with Crippen LogP contribution in [0.1, 0.15) is 32.3 Å². The predicted molar refractivity (Wildman–Crippen MR) is 59.5 cm³/mol. The summed E-state index contributed by atoms with van der Waals surface area (Å²) in [6, 6.07) is 3.72. The van der Waals surface area contributed by atoms with E-state index in [0.717, 1.165) is 17.6 Å². The Morgan fingerprint density at radius 2 is 2.13 bits per heavy atom. The lowest BCUT2D eigenvalue weighted by Crippen LogP contribution is -1.92. The average molecular weight is 206 g/mol. The van der Waals surface area contributed by atoms with Gasteiger partial charge in [0.05, 0.1) is 10.9 Å². The molecule has 0 aliphatic carbocycles. The van der Waals surface area contributed by atoms with Gasteiger partial charge in [-0.3, -0.25) is 4.68 Å². The fourth-order valence-corrected chi connectivity index (χ4v) is 1.73. The van der Waals surface area contributed by atoms with Gasteiger partial charge in [0.2, 0.25) is 0 Å². The van der Waals surface area contributed by atoms with Crippen LogP contribution in [0.25, 0.3) is 10.9 Å².